The topological polar surface area (TPSA) is 103 Å². The normalized spacial score (nSPS) is 10.8. The van der Waals surface area contributed by atoms with Gasteiger partial charge in [-0.15, -0.1) is 5.10 Å². The number of benzene rings is 2. The zero-order valence-electron chi connectivity index (χ0n) is 15.0. The number of nitrogens with zero attached hydrogens (tertiary/aromatic N) is 4. The summed E-state index contributed by atoms with van der Waals surface area (Å²) in [5, 5.41) is 21.9. The second kappa shape index (κ2) is 7.77. The van der Waals surface area contributed by atoms with Crippen molar-refractivity contribution in [1.82, 2.24) is 15.0 Å². The zero-order chi connectivity index (χ0) is 19.4. The monoisotopic (exact) mass is 365 g/mol. The van der Waals surface area contributed by atoms with Crippen LogP contribution in [0.15, 0.2) is 54.7 Å². The highest BCUT2D eigenvalue weighted by molar-refractivity contribution is 5.93. The fraction of sp³-hybridized carbons (Fsp3) is 0.211. The number of nitro benzene ring substituents is 1. The van der Waals surface area contributed by atoms with Crippen LogP contribution in [0.25, 0.3) is 5.69 Å². The number of nitro groups is 1. The molecule has 0 spiro atoms. The van der Waals surface area contributed by atoms with Crippen molar-refractivity contribution < 1.29 is 9.72 Å². The lowest BCUT2D eigenvalue weighted by atomic mass is 10.1. The maximum Gasteiger partial charge on any atom is 0.273 e. The molecule has 3 aromatic rings. The molecule has 0 saturated carbocycles. The summed E-state index contributed by atoms with van der Waals surface area (Å²) >= 11 is 0. The largest absolute Gasteiger partial charge is 0.326 e. The van der Waals surface area contributed by atoms with Gasteiger partial charge in [-0.05, 0) is 24.1 Å². The standard InChI is InChI=1S/C19H19N5O3/c1-13(2)18-12-20-22-23(18)16-8-5-7-15(11-16)21-19(25)10-14-6-3-4-9-17(14)24(26)27/h3-9,11-13H,10H2,1-2H3,(H,21,25). The lowest BCUT2D eigenvalue weighted by Crippen LogP contribution is -2.15. The van der Waals surface area contributed by atoms with Gasteiger partial charge in [0.1, 0.15) is 0 Å². The number of aromatic nitrogens is 3. The third kappa shape index (κ3) is 4.17. The van der Waals surface area contributed by atoms with E-state index >= 15 is 0 Å². The Morgan fingerprint density at radius 1 is 1.22 bits per heavy atom. The summed E-state index contributed by atoms with van der Waals surface area (Å²) in [6.45, 7) is 4.10. The first-order valence-corrected chi connectivity index (χ1v) is 8.49. The average Bonchev–Trinajstić information content (AvgIpc) is 3.12. The molecule has 8 nitrogen and oxygen atoms in total. The molecule has 0 bridgehead atoms. The first-order valence-electron chi connectivity index (χ1n) is 8.49. The number of hydrogen-bond donors (Lipinski definition) is 1. The van der Waals surface area contributed by atoms with Crippen LogP contribution < -0.4 is 5.32 Å². The van der Waals surface area contributed by atoms with E-state index in [1.165, 1.54) is 6.07 Å². The van der Waals surface area contributed by atoms with Crippen molar-refractivity contribution in [3.63, 3.8) is 0 Å². The van der Waals surface area contributed by atoms with Crippen LogP contribution in [0.4, 0.5) is 11.4 Å². The van der Waals surface area contributed by atoms with Gasteiger partial charge in [0, 0.05) is 17.3 Å². The molecule has 3 rings (SSSR count). The van der Waals surface area contributed by atoms with Crippen LogP contribution in [-0.4, -0.2) is 25.8 Å². The van der Waals surface area contributed by atoms with Crippen LogP contribution in [0.5, 0.6) is 0 Å². The fourth-order valence-electron chi connectivity index (χ4n) is 2.77. The van der Waals surface area contributed by atoms with Crippen molar-refractivity contribution in [3.8, 4) is 5.69 Å². The van der Waals surface area contributed by atoms with Gasteiger partial charge in [0.25, 0.3) is 5.69 Å². The van der Waals surface area contributed by atoms with E-state index in [1.54, 1.807) is 41.2 Å². The van der Waals surface area contributed by atoms with E-state index in [9.17, 15) is 14.9 Å². The lowest BCUT2D eigenvalue weighted by Gasteiger charge is -2.11. The van der Waals surface area contributed by atoms with E-state index in [0.29, 0.717) is 11.3 Å². The van der Waals surface area contributed by atoms with E-state index in [0.717, 1.165) is 11.4 Å². The number of amides is 1. The molecule has 0 aliphatic rings. The molecule has 138 valence electrons. The van der Waals surface area contributed by atoms with Gasteiger partial charge < -0.3 is 5.32 Å². The molecule has 1 amide bonds. The van der Waals surface area contributed by atoms with Crippen LogP contribution in [0.3, 0.4) is 0 Å². The predicted octanol–water partition coefficient (Wildman–Crippen LogP) is 3.48. The second-order valence-corrected chi connectivity index (χ2v) is 6.39. The van der Waals surface area contributed by atoms with Crippen molar-refractivity contribution in [2.24, 2.45) is 0 Å². The van der Waals surface area contributed by atoms with Gasteiger partial charge in [-0.1, -0.05) is 43.3 Å². The molecule has 1 heterocycles. The summed E-state index contributed by atoms with van der Waals surface area (Å²) in [6, 6.07) is 13.5. The summed E-state index contributed by atoms with van der Waals surface area (Å²) in [5.41, 5.74) is 2.62. The van der Waals surface area contributed by atoms with Crippen molar-refractivity contribution in [1.29, 1.82) is 0 Å². The minimum Gasteiger partial charge on any atom is -0.326 e. The molecule has 0 atom stereocenters. The summed E-state index contributed by atoms with van der Waals surface area (Å²) in [4.78, 5) is 23.0. The Bertz CT molecular complexity index is 981. The van der Waals surface area contributed by atoms with E-state index in [-0.39, 0.29) is 23.9 Å². The molecule has 1 aromatic heterocycles. The molecule has 1 N–H and O–H groups in total. The summed E-state index contributed by atoms with van der Waals surface area (Å²) in [7, 11) is 0. The predicted molar refractivity (Wildman–Crippen MR) is 101 cm³/mol. The van der Waals surface area contributed by atoms with Crippen molar-refractivity contribution in [2.45, 2.75) is 26.2 Å². The summed E-state index contributed by atoms with van der Waals surface area (Å²) < 4.78 is 1.72. The molecule has 0 radical (unpaired) electrons. The Labute approximate surface area is 156 Å². The summed E-state index contributed by atoms with van der Waals surface area (Å²) in [6.07, 6.45) is 1.63. The van der Waals surface area contributed by atoms with Crippen LogP contribution in [-0.2, 0) is 11.2 Å². The Morgan fingerprint density at radius 2 is 2.00 bits per heavy atom. The Kier molecular flexibility index (Phi) is 5.25. The molecular formula is C19H19N5O3. The number of carbonyl (C=O) groups excluding carboxylic acids is 1. The average molecular weight is 365 g/mol. The van der Waals surface area contributed by atoms with Crippen molar-refractivity contribution >= 4 is 17.3 Å². The van der Waals surface area contributed by atoms with Gasteiger partial charge in [-0.2, -0.15) is 0 Å². The number of para-hydroxylation sites is 1. The Hall–Kier alpha value is -3.55. The third-order valence-electron chi connectivity index (χ3n) is 4.08. The highest BCUT2D eigenvalue weighted by Crippen LogP contribution is 2.21. The van der Waals surface area contributed by atoms with Gasteiger partial charge in [-0.3, -0.25) is 14.9 Å². The van der Waals surface area contributed by atoms with Gasteiger partial charge in [0.15, 0.2) is 0 Å². The van der Waals surface area contributed by atoms with Crippen LogP contribution in [0.1, 0.15) is 31.0 Å². The maximum atomic E-state index is 12.4. The third-order valence-corrected chi connectivity index (χ3v) is 4.08. The molecule has 8 heteroatoms. The Morgan fingerprint density at radius 3 is 2.74 bits per heavy atom. The van der Waals surface area contributed by atoms with Gasteiger partial charge in [0.2, 0.25) is 5.91 Å². The molecule has 2 aromatic carbocycles. The maximum absolute atomic E-state index is 12.4. The number of hydrogen-bond acceptors (Lipinski definition) is 5. The van der Waals surface area contributed by atoms with Gasteiger partial charge in [-0.25, -0.2) is 4.68 Å². The number of anilines is 1. The molecular weight excluding hydrogens is 346 g/mol. The van der Waals surface area contributed by atoms with Crippen LogP contribution in [0.2, 0.25) is 0 Å². The SMILES string of the molecule is CC(C)c1cnnn1-c1cccc(NC(=O)Cc2ccccc2[N+](=O)[O-])c1. The number of rotatable bonds is 6. The van der Waals surface area contributed by atoms with E-state index in [1.807, 2.05) is 26.0 Å². The van der Waals surface area contributed by atoms with Crippen molar-refractivity contribution in [2.75, 3.05) is 5.32 Å². The smallest absolute Gasteiger partial charge is 0.273 e. The molecule has 0 aliphatic carbocycles. The minimum atomic E-state index is -0.485. The number of nitrogens with one attached hydrogen (secondary N) is 1. The highest BCUT2D eigenvalue weighted by atomic mass is 16.6. The fourth-order valence-corrected chi connectivity index (χ4v) is 2.77. The lowest BCUT2D eigenvalue weighted by molar-refractivity contribution is -0.385. The van der Waals surface area contributed by atoms with E-state index in [4.69, 9.17) is 0 Å². The second-order valence-electron chi connectivity index (χ2n) is 6.39. The first-order chi connectivity index (χ1) is 13.0. The molecule has 0 saturated heterocycles. The molecule has 0 unspecified atom stereocenters. The minimum absolute atomic E-state index is 0.0643. The summed E-state index contributed by atoms with van der Waals surface area (Å²) in [5.74, 6) is -0.0824. The van der Waals surface area contributed by atoms with Crippen molar-refractivity contribution in [3.05, 3.63) is 76.1 Å². The quantitative estimate of drug-likeness (QED) is 0.532. The molecule has 27 heavy (non-hydrogen) atoms. The van der Waals surface area contributed by atoms with Gasteiger partial charge in [0.05, 0.1) is 28.9 Å². The highest BCUT2D eigenvalue weighted by Gasteiger charge is 2.16. The first kappa shape index (κ1) is 18.2. The molecule has 0 aliphatic heterocycles. The number of carbonyl (C=O) groups is 1. The van der Waals surface area contributed by atoms with Crippen LogP contribution in [0, 0.1) is 10.1 Å². The van der Waals surface area contributed by atoms with E-state index < -0.39 is 4.92 Å². The van der Waals surface area contributed by atoms with Crippen LogP contribution >= 0.6 is 0 Å². The molecule has 0 fully saturated rings. The van der Waals surface area contributed by atoms with E-state index in [2.05, 4.69) is 15.6 Å². The zero-order valence-corrected chi connectivity index (χ0v) is 15.0. The Balaban J connectivity index is 1.78. The van der Waals surface area contributed by atoms with Gasteiger partial charge >= 0.3 is 0 Å².